The summed E-state index contributed by atoms with van der Waals surface area (Å²) in [5, 5.41) is 22.0. The quantitative estimate of drug-likeness (QED) is 0.115. The first-order valence-corrected chi connectivity index (χ1v) is 16.9. The van der Waals surface area contributed by atoms with Gasteiger partial charge in [-0.25, -0.2) is 0 Å². The Kier molecular flexibility index (Phi) is 13.1. The van der Waals surface area contributed by atoms with Gasteiger partial charge in [-0.3, -0.25) is 4.79 Å². The van der Waals surface area contributed by atoms with Gasteiger partial charge in [0.05, 0.1) is 30.8 Å². The zero-order valence-electron chi connectivity index (χ0n) is 29.1. The summed E-state index contributed by atoms with van der Waals surface area (Å²) in [4.78, 5) is 13.1. The van der Waals surface area contributed by atoms with E-state index >= 15 is 0 Å². The SMILES string of the molecule is CCCCCc1ccc(-c2cc3ccc(OCCCC(O)C(O)CCCOC(=O)C(C)(CC(C)(C)C)C(C)(C)C)cc3o2)cc1. The molecule has 250 valence electrons. The van der Waals surface area contributed by atoms with E-state index in [4.69, 9.17) is 13.9 Å². The largest absolute Gasteiger partial charge is 0.493 e. The van der Waals surface area contributed by atoms with Gasteiger partial charge in [-0.2, -0.15) is 0 Å². The number of aliphatic hydroxyl groups excluding tert-OH is 2. The minimum Gasteiger partial charge on any atom is -0.493 e. The van der Waals surface area contributed by atoms with Crippen LogP contribution in [0, 0.1) is 16.2 Å². The van der Waals surface area contributed by atoms with Crippen LogP contribution >= 0.6 is 0 Å². The van der Waals surface area contributed by atoms with Crippen molar-refractivity contribution in [1.82, 2.24) is 0 Å². The predicted molar refractivity (Wildman–Crippen MR) is 183 cm³/mol. The summed E-state index contributed by atoms with van der Waals surface area (Å²) in [5.74, 6) is 1.34. The van der Waals surface area contributed by atoms with E-state index in [0.717, 1.165) is 35.1 Å². The van der Waals surface area contributed by atoms with E-state index in [9.17, 15) is 15.0 Å². The number of aryl methyl sites for hydroxylation is 1. The van der Waals surface area contributed by atoms with E-state index in [0.29, 0.717) is 38.0 Å². The molecule has 2 N–H and O–H groups in total. The smallest absolute Gasteiger partial charge is 0.312 e. The summed E-state index contributed by atoms with van der Waals surface area (Å²) in [6.45, 7) is 17.5. The fraction of sp³-hybridized carbons (Fsp3) is 0.615. The van der Waals surface area contributed by atoms with Gasteiger partial charge in [0.1, 0.15) is 17.1 Å². The zero-order valence-corrected chi connectivity index (χ0v) is 29.1. The monoisotopic (exact) mass is 622 g/mol. The van der Waals surface area contributed by atoms with Crippen LogP contribution < -0.4 is 4.74 Å². The average molecular weight is 623 g/mol. The molecule has 0 aliphatic heterocycles. The number of hydrogen-bond donors (Lipinski definition) is 2. The van der Waals surface area contributed by atoms with Crippen LogP contribution in [0.2, 0.25) is 0 Å². The summed E-state index contributed by atoms with van der Waals surface area (Å²) in [6, 6.07) is 16.5. The minimum atomic E-state index is -0.879. The molecule has 0 bridgehead atoms. The highest BCUT2D eigenvalue weighted by molar-refractivity contribution is 5.84. The molecule has 3 aromatic rings. The lowest BCUT2D eigenvalue weighted by molar-refractivity contribution is -0.165. The first-order chi connectivity index (χ1) is 21.1. The normalized spacial score (nSPS) is 15.1. The molecule has 0 amide bonds. The average Bonchev–Trinajstić information content (AvgIpc) is 3.39. The van der Waals surface area contributed by atoms with Crippen LogP contribution in [-0.2, 0) is 16.0 Å². The van der Waals surface area contributed by atoms with Crippen molar-refractivity contribution in [3.05, 3.63) is 54.1 Å². The number of unbranched alkanes of at least 4 members (excludes halogenated alkanes) is 2. The standard InChI is InChI=1S/C39H58O6/c1-9-10-11-14-28-17-19-29(20-18-28)34-25-30-21-22-31(26-35(30)45-34)43-23-12-15-32(40)33(41)16-13-24-44-36(42)39(8,38(5,6)7)27-37(2,3)4/h17-22,25-26,32-33,40-41H,9-16,23-24,27H2,1-8H3. The van der Waals surface area contributed by atoms with Gasteiger partial charge in [0.25, 0.3) is 0 Å². The Morgan fingerprint density at radius 1 is 0.822 bits per heavy atom. The van der Waals surface area contributed by atoms with Gasteiger partial charge < -0.3 is 24.1 Å². The summed E-state index contributed by atoms with van der Waals surface area (Å²) in [7, 11) is 0. The summed E-state index contributed by atoms with van der Waals surface area (Å²) in [6.07, 6.45) is 5.65. The second-order valence-electron chi connectivity index (χ2n) is 15.2. The maximum atomic E-state index is 13.1. The van der Waals surface area contributed by atoms with E-state index in [-0.39, 0.29) is 23.4 Å². The summed E-state index contributed by atoms with van der Waals surface area (Å²) >= 11 is 0. The van der Waals surface area contributed by atoms with E-state index < -0.39 is 17.6 Å². The Balaban J connectivity index is 1.40. The summed E-state index contributed by atoms with van der Waals surface area (Å²) in [5.41, 5.74) is 2.30. The Hall–Kier alpha value is -2.83. The number of carbonyl (C=O) groups is 1. The molecular formula is C39H58O6. The minimum absolute atomic E-state index is 0.0133. The van der Waals surface area contributed by atoms with Crippen molar-refractivity contribution in [2.45, 2.75) is 125 Å². The van der Waals surface area contributed by atoms with Crippen LogP contribution in [-0.4, -0.2) is 41.6 Å². The van der Waals surface area contributed by atoms with Crippen LogP contribution in [0.15, 0.2) is 52.9 Å². The third kappa shape index (κ3) is 10.9. The highest BCUT2D eigenvalue weighted by atomic mass is 16.5. The number of carbonyl (C=O) groups excluding carboxylic acids is 1. The van der Waals surface area contributed by atoms with Gasteiger partial charge in [0, 0.05) is 17.0 Å². The number of ether oxygens (including phenoxy) is 2. The third-order valence-corrected chi connectivity index (χ3v) is 9.02. The van der Waals surface area contributed by atoms with Gasteiger partial charge in [0.2, 0.25) is 0 Å². The lowest BCUT2D eigenvalue weighted by atomic mass is 9.61. The summed E-state index contributed by atoms with van der Waals surface area (Å²) < 4.78 is 17.7. The van der Waals surface area contributed by atoms with E-state index in [2.05, 4.69) is 78.8 Å². The molecule has 45 heavy (non-hydrogen) atoms. The second-order valence-corrected chi connectivity index (χ2v) is 15.2. The van der Waals surface area contributed by atoms with E-state index in [1.165, 1.54) is 24.8 Å². The number of aliphatic hydroxyl groups is 2. The highest BCUT2D eigenvalue weighted by Gasteiger charge is 2.47. The molecule has 1 heterocycles. The van der Waals surface area contributed by atoms with Crippen LogP contribution in [0.5, 0.6) is 5.75 Å². The maximum absolute atomic E-state index is 13.1. The highest BCUT2D eigenvalue weighted by Crippen LogP contribution is 2.47. The fourth-order valence-corrected chi connectivity index (χ4v) is 5.85. The third-order valence-electron chi connectivity index (χ3n) is 9.02. The number of hydrogen-bond acceptors (Lipinski definition) is 6. The molecule has 0 saturated carbocycles. The van der Waals surface area contributed by atoms with Gasteiger partial charge >= 0.3 is 5.97 Å². The number of esters is 1. The van der Waals surface area contributed by atoms with E-state index in [1.807, 2.05) is 25.1 Å². The van der Waals surface area contributed by atoms with E-state index in [1.54, 1.807) is 0 Å². The van der Waals surface area contributed by atoms with Crippen molar-refractivity contribution in [3.63, 3.8) is 0 Å². The Morgan fingerprint density at radius 2 is 1.47 bits per heavy atom. The Morgan fingerprint density at radius 3 is 2.07 bits per heavy atom. The maximum Gasteiger partial charge on any atom is 0.312 e. The van der Waals surface area contributed by atoms with Crippen molar-refractivity contribution in [3.8, 4) is 17.1 Å². The molecule has 6 nitrogen and oxygen atoms in total. The Labute approximate surface area is 271 Å². The van der Waals surface area contributed by atoms with Crippen LogP contribution in [0.3, 0.4) is 0 Å². The fourth-order valence-electron chi connectivity index (χ4n) is 5.85. The van der Waals surface area contributed by atoms with Crippen molar-refractivity contribution >= 4 is 16.9 Å². The van der Waals surface area contributed by atoms with Gasteiger partial charge in [-0.05, 0) is 86.5 Å². The van der Waals surface area contributed by atoms with Crippen LogP contribution in [0.1, 0.15) is 112 Å². The molecule has 0 aliphatic rings. The number of fused-ring (bicyclic) bond motifs is 1. The molecule has 0 aliphatic carbocycles. The van der Waals surface area contributed by atoms with Crippen molar-refractivity contribution in [1.29, 1.82) is 0 Å². The van der Waals surface area contributed by atoms with Crippen LogP contribution in [0.25, 0.3) is 22.3 Å². The van der Waals surface area contributed by atoms with Crippen LogP contribution in [0.4, 0.5) is 0 Å². The molecule has 0 fully saturated rings. The number of rotatable bonds is 17. The number of furan rings is 1. The lowest BCUT2D eigenvalue weighted by Gasteiger charge is -2.43. The molecule has 0 saturated heterocycles. The molecule has 2 aromatic carbocycles. The van der Waals surface area contributed by atoms with Crippen molar-refractivity contribution in [2.24, 2.45) is 16.2 Å². The zero-order chi connectivity index (χ0) is 33.3. The lowest BCUT2D eigenvalue weighted by Crippen LogP contribution is -2.44. The molecule has 3 atom stereocenters. The molecule has 6 heteroatoms. The molecule has 3 rings (SSSR count). The Bertz CT molecular complexity index is 1330. The van der Waals surface area contributed by atoms with Crippen molar-refractivity contribution in [2.75, 3.05) is 13.2 Å². The van der Waals surface area contributed by atoms with Crippen molar-refractivity contribution < 1.29 is 28.9 Å². The predicted octanol–water partition coefficient (Wildman–Crippen LogP) is 9.53. The molecular weight excluding hydrogens is 564 g/mol. The second kappa shape index (κ2) is 16.1. The first kappa shape index (κ1) is 36.6. The topological polar surface area (TPSA) is 89.1 Å². The van der Waals surface area contributed by atoms with Gasteiger partial charge in [-0.15, -0.1) is 0 Å². The molecule has 0 radical (unpaired) electrons. The molecule has 0 spiro atoms. The number of benzene rings is 2. The molecule has 1 aromatic heterocycles. The van der Waals surface area contributed by atoms with Gasteiger partial charge in [-0.1, -0.05) is 85.6 Å². The molecule has 3 unspecified atom stereocenters. The van der Waals surface area contributed by atoms with Gasteiger partial charge in [0.15, 0.2) is 0 Å². The first-order valence-electron chi connectivity index (χ1n) is 16.9.